The summed E-state index contributed by atoms with van der Waals surface area (Å²) in [6.07, 6.45) is 42.7. The van der Waals surface area contributed by atoms with Crippen molar-refractivity contribution in [3.63, 3.8) is 0 Å². The lowest BCUT2D eigenvalue weighted by Crippen LogP contribution is -1.86. The molecular formula is C33H68S. The Morgan fingerprint density at radius 3 is 0.676 bits per heavy atom. The van der Waals surface area contributed by atoms with Crippen molar-refractivity contribution in [2.45, 2.75) is 200 Å². The van der Waals surface area contributed by atoms with Crippen LogP contribution in [0.1, 0.15) is 200 Å². The van der Waals surface area contributed by atoms with Gasteiger partial charge in [0.25, 0.3) is 0 Å². The molecule has 0 bridgehead atoms. The summed E-state index contributed by atoms with van der Waals surface area (Å²) in [6, 6.07) is 0. The van der Waals surface area contributed by atoms with Gasteiger partial charge in [-0.15, -0.1) is 0 Å². The van der Waals surface area contributed by atoms with Crippen LogP contribution in [0.5, 0.6) is 0 Å². The van der Waals surface area contributed by atoms with Crippen LogP contribution in [0.25, 0.3) is 0 Å². The van der Waals surface area contributed by atoms with Gasteiger partial charge in [0.05, 0.1) is 0 Å². The van der Waals surface area contributed by atoms with Crippen molar-refractivity contribution >= 4 is 11.8 Å². The van der Waals surface area contributed by atoms with Gasteiger partial charge in [-0.2, -0.15) is 11.8 Å². The van der Waals surface area contributed by atoms with Gasteiger partial charge >= 0.3 is 0 Å². The smallest absolute Gasteiger partial charge is 0.00675 e. The molecule has 0 unspecified atom stereocenters. The Morgan fingerprint density at radius 2 is 0.412 bits per heavy atom. The van der Waals surface area contributed by atoms with Crippen LogP contribution in [-0.2, 0) is 0 Å². The number of unbranched alkanes of at least 4 members (excludes halogenated alkanes) is 27. The van der Waals surface area contributed by atoms with E-state index in [0.29, 0.717) is 0 Å². The fourth-order valence-electron chi connectivity index (χ4n) is 5.08. The molecule has 0 aromatic rings. The zero-order valence-electron chi connectivity index (χ0n) is 24.3. The molecule has 206 valence electrons. The fourth-order valence-corrected chi connectivity index (χ4v) is 6.10. The monoisotopic (exact) mass is 497 g/mol. The molecule has 0 spiro atoms. The second-order valence-electron chi connectivity index (χ2n) is 11.2. The zero-order chi connectivity index (χ0) is 24.6. The summed E-state index contributed by atoms with van der Waals surface area (Å²) < 4.78 is 0. The maximum atomic E-state index is 2.31. The predicted octanol–water partition coefficient (Wildman–Crippen LogP) is 13.1. The van der Waals surface area contributed by atoms with Crippen LogP contribution in [0, 0.1) is 0 Å². The molecule has 0 aliphatic carbocycles. The summed E-state index contributed by atoms with van der Waals surface area (Å²) in [5.41, 5.74) is 0. The van der Waals surface area contributed by atoms with Crippen LogP contribution in [0.3, 0.4) is 0 Å². The molecule has 0 rings (SSSR count). The third-order valence-corrected chi connectivity index (χ3v) is 8.69. The van der Waals surface area contributed by atoms with E-state index in [9.17, 15) is 0 Å². The Balaban J connectivity index is 2.99. The molecule has 0 saturated heterocycles. The van der Waals surface area contributed by atoms with Crippen LogP contribution in [-0.4, -0.2) is 11.5 Å². The average Bonchev–Trinajstić information content (AvgIpc) is 2.85. The minimum atomic E-state index is 1.36. The normalized spacial score (nSPS) is 11.5. The van der Waals surface area contributed by atoms with Crippen molar-refractivity contribution in [2.24, 2.45) is 0 Å². The van der Waals surface area contributed by atoms with Gasteiger partial charge in [0.15, 0.2) is 0 Å². The van der Waals surface area contributed by atoms with E-state index in [0.717, 1.165) is 0 Å². The number of hydrogen-bond donors (Lipinski definition) is 0. The summed E-state index contributed by atoms with van der Waals surface area (Å²) in [6.45, 7) is 4.61. The summed E-state index contributed by atoms with van der Waals surface area (Å²) >= 11 is 2.19. The molecule has 0 saturated carbocycles. The molecule has 0 heterocycles. The van der Waals surface area contributed by atoms with Gasteiger partial charge in [0.1, 0.15) is 0 Å². The molecular weight excluding hydrogens is 428 g/mol. The molecule has 0 atom stereocenters. The number of hydrogen-bond acceptors (Lipinski definition) is 1. The summed E-state index contributed by atoms with van der Waals surface area (Å²) in [5, 5.41) is 0. The Kier molecular flexibility index (Phi) is 33.7. The Bertz CT molecular complexity index is 295. The molecule has 0 amide bonds. The first-order valence-electron chi connectivity index (χ1n) is 16.5. The maximum absolute atomic E-state index is 2.31. The Labute approximate surface area is 223 Å². The van der Waals surface area contributed by atoms with Gasteiger partial charge in [-0.25, -0.2) is 0 Å². The molecule has 0 fully saturated rings. The van der Waals surface area contributed by atoms with Gasteiger partial charge in [-0.05, 0) is 24.3 Å². The first-order valence-corrected chi connectivity index (χ1v) is 17.6. The minimum Gasteiger partial charge on any atom is -0.162 e. The van der Waals surface area contributed by atoms with E-state index < -0.39 is 0 Å². The topological polar surface area (TPSA) is 0 Å². The molecule has 0 radical (unpaired) electrons. The highest BCUT2D eigenvalue weighted by Gasteiger charge is 1.97. The van der Waals surface area contributed by atoms with E-state index in [1.807, 2.05) is 0 Å². The molecule has 34 heavy (non-hydrogen) atoms. The standard InChI is InChI=1S/C33H68S/c1-3-5-7-8-9-10-11-12-13-14-15-16-17-18-19-20-21-22-23-24-25-26-27-28-29-31-33-34-32-30-6-4-2/h3-33H2,1-2H3. The van der Waals surface area contributed by atoms with E-state index in [-0.39, 0.29) is 0 Å². The fraction of sp³-hybridized carbons (Fsp3) is 1.00. The van der Waals surface area contributed by atoms with Crippen LogP contribution in [0.2, 0.25) is 0 Å². The first kappa shape index (κ1) is 34.4. The third kappa shape index (κ3) is 32.4. The molecule has 0 aliphatic rings. The number of thioether (sulfide) groups is 1. The second-order valence-corrected chi connectivity index (χ2v) is 12.4. The number of rotatable bonds is 31. The highest BCUT2D eigenvalue weighted by Crippen LogP contribution is 2.16. The Morgan fingerprint density at radius 1 is 0.235 bits per heavy atom. The third-order valence-electron chi connectivity index (χ3n) is 7.53. The van der Waals surface area contributed by atoms with Gasteiger partial charge in [-0.3, -0.25) is 0 Å². The SMILES string of the molecule is CCCCCCCCCCCCCCCCCCCCCCCCCCCCSCCCCC. The first-order chi connectivity index (χ1) is 16.9. The van der Waals surface area contributed by atoms with Crippen LogP contribution in [0.15, 0.2) is 0 Å². The van der Waals surface area contributed by atoms with E-state index in [1.165, 1.54) is 198 Å². The molecule has 0 nitrogen and oxygen atoms in total. The highest BCUT2D eigenvalue weighted by atomic mass is 32.2. The van der Waals surface area contributed by atoms with E-state index in [4.69, 9.17) is 0 Å². The maximum Gasteiger partial charge on any atom is -0.00675 e. The van der Waals surface area contributed by atoms with Crippen LogP contribution >= 0.6 is 11.8 Å². The van der Waals surface area contributed by atoms with Crippen LogP contribution in [0.4, 0.5) is 0 Å². The molecule has 0 aromatic carbocycles. The lowest BCUT2D eigenvalue weighted by atomic mass is 10.0. The van der Waals surface area contributed by atoms with Gasteiger partial charge in [0, 0.05) is 0 Å². The average molecular weight is 497 g/mol. The van der Waals surface area contributed by atoms with Crippen molar-refractivity contribution in [1.82, 2.24) is 0 Å². The van der Waals surface area contributed by atoms with Gasteiger partial charge in [-0.1, -0.05) is 187 Å². The van der Waals surface area contributed by atoms with E-state index in [1.54, 1.807) is 0 Å². The molecule has 0 aliphatic heterocycles. The van der Waals surface area contributed by atoms with Crippen molar-refractivity contribution < 1.29 is 0 Å². The largest absolute Gasteiger partial charge is 0.162 e. The summed E-state index contributed by atoms with van der Waals surface area (Å²) in [5.74, 6) is 2.80. The Hall–Kier alpha value is 0.350. The minimum absolute atomic E-state index is 1.36. The van der Waals surface area contributed by atoms with Crippen molar-refractivity contribution in [2.75, 3.05) is 11.5 Å². The van der Waals surface area contributed by atoms with Gasteiger partial charge in [0.2, 0.25) is 0 Å². The van der Waals surface area contributed by atoms with E-state index >= 15 is 0 Å². The molecule has 1 heteroatoms. The van der Waals surface area contributed by atoms with Crippen LogP contribution < -0.4 is 0 Å². The van der Waals surface area contributed by atoms with Crippen molar-refractivity contribution in [1.29, 1.82) is 0 Å². The lowest BCUT2D eigenvalue weighted by Gasteiger charge is -2.04. The van der Waals surface area contributed by atoms with Crippen molar-refractivity contribution in [3.8, 4) is 0 Å². The van der Waals surface area contributed by atoms with E-state index in [2.05, 4.69) is 25.6 Å². The van der Waals surface area contributed by atoms with Gasteiger partial charge < -0.3 is 0 Å². The van der Waals surface area contributed by atoms with Crippen molar-refractivity contribution in [3.05, 3.63) is 0 Å². The molecule has 0 aromatic heterocycles. The molecule has 0 N–H and O–H groups in total. The second kappa shape index (κ2) is 33.4. The zero-order valence-corrected chi connectivity index (χ0v) is 25.1. The summed E-state index contributed by atoms with van der Waals surface area (Å²) in [7, 11) is 0. The lowest BCUT2D eigenvalue weighted by molar-refractivity contribution is 0.516. The highest BCUT2D eigenvalue weighted by molar-refractivity contribution is 7.99. The quantitative estimate of drug-likeness (QED) is 0.0859. The summed E-state index contributed by atoms with van der Waals surface area (Å²) in [4.78, 5) is 0. The predicted molar refractivity (Wildman–Crippen MR) is 163 cm³/mol.